The number of nitrogens with one attached hydrogen (secondary N) is 1. The number of benzene rings is 1. The van der Waals surface area contributed by atoms with E-state index in [4.69, 9.17) is 27.5 Å². The molecule has 0 aliphatic heterocycles. The molecule has 0 unspecified atom stereocenters. The van der Waals surface area contributed by atoms with Gasteiger partial charge in [0.15, 0.2) is 0 Å². The smallest absolute Gasteiger partial charge is 0.288 e. The van der Waals surface area contributed by atoms with Gasteiger partial charge < -0.3 is 10.5 Å². The van der Waals surface area contributed by atoms with E-state index in [1.54, 1.807) is 0 Å². The Kier molecular flexibility index (Phi) is 3.76. The van der Waals surface area contributed by atoms with E-state index >= 15 is 0 Å². The van der Waals surface area contributed by atoms with E-state index in [2.05, 4.69) is 10.2 Å². The van der Waals surface area contributed by atoms with E-state index in [0.717, 1.165) is 0 Å². The van der Waals surface area contributed by atoms with E-state index in [1.165, 1.54) is 30.5 Å². The van der Waals surface area contributed by atoms with Crippen molar-refractivity contribution in [3.8, 4) is 11.6 Å². The number of amidine groups is 1. The molecule has 0 saturated carbocycles. The highest BCUT2D eigenvalue weighted by Gasteiger charge is 2.15. The first kappa shape index (κ1) is 13.7. The Morgan fingerprint density at radius 1 is 1.45 bits per heavy atom. The lowest BCUT2D eigenvalue weighted by Gasteiger charge is -2.08. The highest BCUT2D eigenvalue weighted by atomic mass is 35.5. The number of nitro benzene ring substituents is 1. The maximum absolute atomic E-state index is 10.6. The largest absolute Gasteiger partial charge is 0.437 e. The Morgan fingerprint density at radius 3 is 2.80 bits per heavy atom. The van der Waals surface area contributed by atoms with Gasteiger partial charge in [-0.15, -0.1) is 5.10 Å². The molecule has 8 nitrogen and oxygen atoms in total. The van der Waals surface area contributed by atoms with Crippen molar-refractivity contribution < 1.29 is 9.66 Å². The third kappa shape index (κ3) is 2.81. The fraction of sp³-hybridized carbons (Fsp3) is 0. The number of halogens is 1. The van der Waals surface area contributed by atoms with Gasteiger partial charge in [-0.2, -0.15) is 5.10 Å². The molecule has 0 amide bonds. The molecule has 0 aliphatic carbocycles. The summed E-state index contributed by atoms with van der Waals surface area (Å²) in [5, 5.41) is 25.3. The first-order chi connectivity index (χ1) is 9.49. The Balaban J connectivity index is 2.34. The summed E-state index contributed by atoms with van der Waals surface area (Å²) in [4.78, 5) is 10.0. The van der Waals surface area contributed by atoms with Crippen molar-refractivity contribution >= 4 is 23.1 Å². The zero-order valence-electron chi connectivity index (χ0n) is 9.91. The Morgan fingerprint density at radius 2 is 2.20 bits per heavy atom. The SMILES string of the molecule is N=C(N)c1ccnnc1Oc1ccc([N+](=O)[O-])c(Cl)c1. The maximum atomic E-state index is 10.6. The lowest BCUT2D eigenvalue weighted by molar-refractivity contribution is -0.384. The summed E-state index contributed by atoms with van der Waals surface area (Å²) >= 11 is 5.77. The van der Waals surface area contributed by atoms with E-state index in [9.17, 15) is 10.1 Å². The number of ether oxygens (including phenoxy) is 1. The van der Waals surface area contributed by atoms with Crippen LogP contribution in [0.1, 0.15) is 5.56 Å². The lowest BCUT2D eigenvalue weighted by atomic mass is 10.2. The summed E-state index contributed by atoms with van der Waals surface area (Å²) in [6.07, 6.45) is 1.37. The second kappa shape index (κ2) is 5.49. The second-order valence-electron chi connectivity index (χ2n) is 3.64. The zero-order valence-corrected chi connectivity index (χ0v) is 10.7. The molecule has 1 aromatic carbocycles. The van der Waals surface area contributed by atoms with Crippen LogP contribution in [0.3, 0.4) is 0 Å². The molecule has 0 radical (unpaired) electrons. The number of nitrogen functional groups attached to an aromatic ring is 1. The van der Waals surface area contributed by atoms with Crippen molar-refractivity contribution in [3.05, 3.63) is 51.2 Å². The van der Waals surface area contributed by atoms with Gasteiger partial charge in [-0.1, -0.05) is 11.6 Å². The Bertz CT molecular complexity index is 692. The van der Waals surface area contributed by atoms with Crippen LogP contribution in [0, 0.1) is 15.5 Å². The summed E-state index contributed by atoms with van der Waals surface area (Å²) in [6.45, 7) is 0. The highest BCUT2D eigenvalue weighted by Crippen LogP contribution is 2.31. The van der Waals surface area contributed by atoms with Gasteiger partial charge >= 0.3 is 0 Å². The minimum atomic E-state index is -0.602. The van der Waals surface area contributed by atoms with Crippen LogP contribution >= 0.6 is 11.6 Å². The van der Waals surface area contributed by atoms with Crippen molar-refractivity contribution in [2.45, 2.75) is 0 Å². The third-order valence-electron chi connectivity index (χ3n) is 2.31. The van der Waals surface area contributed by atoms with Crippen molar-refractivity contribution in [3.63, 3.8) is 0 Å². The predicted molar refractivity (Wildman–Crippen MR) is 71.2 cm³/mol. The molecule has 102 valence electrons. The molecular weight excluding hydrogens is 286 g/mol. The minimum Gasteiger partial charge on any atom is -0.437 e. The minimum absolute atomic E-state index is 0.0184. The monoisotopic (exact) mass is 293 g/mol. The number of hydrogen-bond donors (Lipinski definition) is 2. The average molecular weight is 294 g/mol. The van der Waals surface area contributed by atoms with Crippen LogP contribution in [0.15, 0.2) is 30.5 Å². The number of nitrogens with two attached hydrogens (primary N) is 1. The van der Waals surface area contributed by atoms with Gasteiger partial charge in [0.05, 0.1) is 16.7 Å². The Hall–Kier alpha value is -2.74. The summed E-state index contributed by atoms with van der Waals surface area (Å²) in [6, 6.07) is 5.32. The summed E-state index contributed by atoms with van der Waals surface area (Å²) in [7, 11) is 0. The standard InChI is InChI=1S/C11H8ClN5O3/c12-8-5-6(1-2-9(8)17(18)19)20-11-7(10(13)14)3-4-15-16-11/h1-5H,(H3,13,14). The molecule has 0 atom stereocenters. The van der Waals surface area contributed by atoms with Gasteiger partial charge in [-0.3, -0.25) is 15.5 Å². The highest BCUT2D eigenvalue weighted by molar-refractivity contribution is 6.32. The zero-order chi connectivity index (χ0) is 14.7. The molecule has 3 N–H and O–H groups in total. The molecule has 0 saturated heterocycles. The van der Waals surface area contributed by atoms with Gasteiger partial charge in [0.25, 0.3) is 5.69 Å². The summed E-state index contributed by atoms with van der Waals surface area (Å²) in [5.41, 5.74) is 5.41. The third-order valence-corrected chi connectivity index (χ3v) is 2.61. The van der Waals surface area contributed by atoms with Gasteiger partial charge in [-0.25, -0.2) is 0 Å². The van der Waals surface area contributed by atoms with Crippen LogP contribution in [0.25, 0.3) is 0 Å². The summed E-state index contributed by atoms with van der Waals surface area (Å²) in [5.74, 6) is 0.0106. The average Bonchev–Trinajstić information content (AvgIpc) is 2.38. The molecule has 1 aromatic heterocycles. The first-order valence-corrected chi connectivity index (χ1v) is 5.64. The van der Waals surface area contributed by atoms with Gasteiger partial charge in [0.2, 0.25) is 5.88 Å². The quantitative estimate of drug-likeness (QED) is 0.384. The van der Waals surface area contributed by atoms with Gasteiger partial charge in [0, 0.05) is 12.1 Å². The van der Waals surface area contributed by atoms with Crippen LogP contribution in [0.4, 0.5) is 5.69 Å². The second-order valence-corrected chi connectivity index (χ2v) is 4.04. The topological polar surface area (TPSA) is 128 Å². The molecule has 2 aromatic rings. The molecule has 9 heteroatoms. The van der Waals surface area contributed by atoms with Crippen LogP contribution in [-0.2, 0) is 0 Å². The van der Waals surface area contributed by atoms with Crippen molar-refractivity contribution in [1.82, 2.24) is 10.2 Å². The first-order valence-electron chi connectivity index (χ1n) is 5.27. The van der Waals surface area contributed by atoms with Crippen molar-refractivity contribution in [2.24, 2.45) is 5.73 Å². The lowest BCUT2D eigenvalue weighted by Crippen LogP contribution is -2.13. The molecular formula is C11H8ClN5O3. The molecule has 0 bridgehead atoms. The fourth-order valence-corrected chi connectivity index (χ4v) is 1.65. The van der Waals surface area contributed by atoms with Crippen molar-refractivity contribution in [2.75, 3.05) is 0 Å². The maximum Gasteiger partial charge on any atom is 0.288 e. The normalized spacial score (nSPS) is 10.1. The predicted octanol–water partition coefficient (Wildman–Crippen LogP) is 2.11. The molecule has 0 fully saturated rings. The molecule has 2 rings (SSSR count). The van der Waals surface area contributed by atoms with E-state index in [-0.39, 0.29) is 33.7 Å². The molecule has 0 spiro atoms. The molecule has 1 heterocycles. The van der Waals surface area contributed by atoms with Gasteiger partial charge in [-0.05, 0) is 12.1 Å². The number of rotatable bonds is 4. The Labute approximate surface area is 117 Å². The van der Waals surface area contributed by atoms with E-state index < -0.39 is 4.92 Å². The molecule has 0 aliphatic rings. The van der Waals surface area contributed by atoms with Crippen LogP contribution in [-0.4, -0.2) is 21.0 Å². The van der Waals surface area contributed by atoms with E-state index in [1.807, 2.05) is 0 Å². The van der Waals surface area contributed by atoms with Gasteiger partial charge in [0.1, 0.15) is 16.6 Å². The van der Waals surface area contributed by atoms with Crippen LogP contribution in [0.2, 0.25) is 5.02 Å². The van der Waals surface area contributed by atoms with E-state index in [0.29, 0.717) is 0 Å². The molecule has 20 heavy (non-hydrogen) atoms. The number of nitrogens with zero attached hydrogens (tertiary/aromatic N) is 3. The summed E-state index contributed by atoms with van der Waals surface area (Å²) < 4.78 is 5.38. The number of hydrogen-bond acceptors (Lipinski definition) is 6. The van der Waals surface area contributed by atoms with Crippen molar-refractivity contribution in [1.29, 1.82) is 5.41 Å². The fourth-order valence-electron chi connectivity index (χ4n) is 1.41. The van der Waals surface area contributed by atoms with Crippen LogP contribution < -0.4 is 10.5 Å². The number of aromatic nitrogens is 2. The van der Waals surface area contributed by atoms with Crippen LogP contribution in [0.5, 0.6) is 11.6 Å². The number of nitro groups is 1.